The lowest BCUT2D eigenvalue weighted by Gasteiger charge is -2.28. The fourth-order valence-electron chi connectivity index (χ4n) is 3.36. The first-order valence-corrected chi connectivity index (χ1v) is 9.95. The van der Waals surface area contributed by atoms with Gasteiger partial charge in [-0.2, -0.15) is 15.5 Å². The molecule has 0 radical (unpaired) electrons. The minimum absolute atomic E-state index is 0.0173. The van der Waals surface area contributed by atoms with Crippen molar-refractivity contribution in [2.75, 3.05) is 10.6 Å². The van der Waals surface area contributed by atoms with E-state index >= 15 is 0 Å². The van der Waals surface area contributed by atoms with E-state index < -0.39 is 0 Å². The third-order valence-corrected chi connectivity index (χ3v) is 5.86. The number of rotatable bonds is 5. The summed E-state index contributed by atoms with van der Waals surface area (Å²) in [5.74, 6) is 1.06. The van der Waals surface area contributed by atoms with Crippen molar-refractivity contribution in [1.82, 2.24) is 9.97 Å². The Labute approximate surface area is 172 Å². The quantitative estimate of drug-likeness (QED) is 0.638. The summed E-state index contributed by atoms with van der Waals surface area (Å²) in [6.07, 6.45) is 5.76. The molecular formula is C20H21BrN6O. The molecule has 2 atom stereocenters. The van der Waals surface area contributed by atoms with Crippen LogP contribution in [0.15, 0.2) is 22.8 Å². The third-order valence-electron chi connectivity index (χ3n) is 4.92. The van der Waals surface area contributed by atoms with E-state index in [1.807, 2.05) is 6.92 Å². The standard InChI is InChI=1S/C20H21BrN6O/c1-12-10-24-20(25-16-6-14(9-23)18(21)15(7-16)11-28)27-19(12)26-17-5-3-2-4-13(17)8-22/h6-7,10,13,17,28H,2-5,11H2,1H3,(H2,24,25,26,27). The predicted molar refractivity (Wildman–Crippen MR) is 110 cm³/mol. The van der Waals surface area contributed by atoms with Crippen LogP contribution in [0, 0.1) is 35.5 Å². The second-order valence-electron chi connectivity index (χ2n) is 6.89. The van der Waals surface area contributed by atoms with Gasteiger partial charge in [-0.05, 0) is 53.4 Å². The van der Waals surface area contributed by atoms with E-state index in [0.717, 1.165) is 31.2 Å². The van der Waals surface area contributed by atoms with Crippen molar-refractivity contribution in [3.8, 4) is 12.1 Å². The van der Waals surface area contributed by atoms with Crippen molar-refractivity contribution in [2.45, 2.75) is 45.3 Å². The predicted octanol–water partition coefficient (Wildman–Crippen LogP) is 4.15. The molecule has 1 fully saturated rings. The van der Waals surface area contributed by atoms with Crippen LogP contribution >= 0.6 is 15.9 Å². The summed E-state index contributed by atoms with van der Waals surface area (Å²) in [5.41, 5.74) is 2.54. The molecule has 0 saturated heterocycles. The van der Waals surface area contributed by atoms with Crippen LogP contribution in [0.4, 0.5) is 17.5 Å². The van der Waals surface area contributed by atoms with Crippen molar-refractivity contribution in [3.05, 3.63) is 39.5 Å². The van der Waals surface area contributed by atoms with E-state index in [-0.39, 0.29) is 18.6 Å². The van der Waals surface area contributed by atoms with Gasteiger partial charge in [-0.25, -0.2) is 4.98 Å². The Hall–Kier alpha value is -2.68. The molecule has 144 valence electrons. The van der Waals surface area contributed by atoms with E-state index in [1.54, 1.807) is 18.3 Å². The number of anilines is 3. The SMILES string of the molecule is Cc1cnc(Nc2cc(C#N)c(Br)c(CO)c2)nc1NC1CCCCC1C#N. The highest BCUT2D eigenvalue weighted by Gasteiger charge is 2.25. The molecule has 1 aliphatic rings. The summed E-state index contributed by atoms with van der Waals surface area (Å²) in [7, 11) is 0. The van der Waals surface area contributed by atoms with Crippen LogP contribution in [-0.4, -0.2) is 21.1 Å². The fraction of sp³-hybridized carbons (Fsp3) is 0.400. The fourth-order valence-corrected chi connectivity index (χ4v) is 3.81. The van der Waals surface area contributed by atoms with Crippen molar-refractivity contribution >= 4 is 33.4 Å². The first-order chi connectivity index (χ1) is 13.5. The lowest BCUT2D eigenvalue weighted by molar-refractivity contribution is 0.281. The minimum atomic E-state index is -0.191. The molecule has 2 unspecified atom stereocenters. The summed E-state index contributed by atoms with van der Waals surface area (Å²) in [5, 5.41) is 34.7. The summed E-state index contributed by atoms with van der Waals surface area (Å²) in [4.78, 5) is 8.88. The number of nitrogens with zero attached hydrogens (tertiary/aromatic N) is 4. The number of nitrogens with one attached hydrogen (secondary N) is 2. The lowest BCUT2D eigenvalue weighted by Crippen LogP contribution is -2.32. The van der Waals surface area contributed by atoms with Crippen LogP contribution in [-0.2, 0) is 6.61 Å². The molecule has 1 aromatic carbocycles. The number of aromatic nitrogens is 2. The highest BCUT2D eigenvalue weighted by atomic mass is 79.9. The van der Waals surface area contributed by atoms with E-state index in [0.29, 0.717) is 33.1 Å². The van der Waals surface area contributed by atoms with Gasteiger partial charge < -0.3 is 15.7 Å². The molecule has 7 nitrogen and oxygen atoms in total. The minimum Gasteiger partial charge on any atom is -0.392 e. The van der Waals surface area contributed by atoms with Crippen molar-refractivity contribution in [1.29, 1.82) is 10.5 Å². The Morgan fingerprint density at radius 2 is 2.07 bits per heavy atom. The first-order valence-electron chi connectivity index (χ1n) is 9.16. The number of benzene rings is 1. The average Bonchev–Trinajstić information content (AvgIpc) is 2.72. The zero-order valence-electron chi connectivity index (χ0n) is 15.5. The zero-order chi connectivity index (χ0) is 20.1. The Kier molecular flexibility index (Phi) is 6.45. The maximum Gasteiger partial charge on any atom is 0.229 e. The van der Waals surface area contributed by atoms with E-state index in [9.17, 15) is 15.6 Å². The molecule has 8 heteroatoms. The lowest BCUT2D eigenvalue weighted by atomic mass is 9.85. The maximum atomic E-state index is 9.51. The van der Waals surface area contributed by atoms with Gasteiger partial charge >= 0.3 is 0 Å². The molecule has 0 spiro atoms. The second-order valence-corrected chi connectivity index (χ2v) is 7.68. The van der Waals surface area contributed by atoms with Crippen LogP contribution in [0.3, 0.4) is 0 Å². The van der Waals surface area contributed by atoms with Crippen molar-refractivity contribution in [2.24, 2.45) is 5.92 Å². The molecule has 0 amide bonds. The Morgan fingerprint density at radius 3 is 2.79 bits per heavy atom. The van der Waals surface area contributed by atoms with Gasteiger partial charge in [0.05, 0.1) is 24.2 Å². The smallest absolute Gasteiger partial charge is 0.229 e. The van der Waals surface area contributed by atoms with Crippen LogP contribution in [0.25, 0.3) is 0 Å². The molecule has 1 aromatic heterocycles. The topological polar surface area (TPSA) is 118 Å². The number of halogens is 1. The number of nitriles is 2. The second kappa shape index (κ2) is 9.01. The molecule has 0 bridgehead atoms. The van der Waals surface area contributed by atoms with E-state index in [4.69, 9.17) is 0 Å². The number of hydrogen-bond acceptors (Lipinski definition) is 7. The van der Waals surface area contributed by atoms with Gasteiger partial charge in [-0.1, -0.05) is 12.8 Å². The van der Waals surface area contributed by atoms with Gasteiger partial charge in [-0.3, -0.25) is 0 Å². The molecule has 0 aliphatic heterocycles. The highest BCUT2D eigenvalue weighted by molar-refractivity contribution is 9.10. The normalized spacial score (nSPS) is 18.8. The first kappa shape index (κ1) is 20.1. The maximum absolute atomic E-state index is 9.51. The van der Waals surface area contributed by atoms with Gasteiger partial charge in [0.1, 0.15) is 11.9 Å². The average molecular weight is 441 g/mol. The molecule has 1 saturated carbocycles. The van der Waals surface area contributed by atoms with Crippen LogP contribution in [0.5, 0.6) is 0 Å². The number of hydrogen-bond donors (Lipinski definition) is 3. The van der Waals surface area contributed by atoms with Crippen molar-refractivity contribution in [3.63, 3.8) is 0 Å². The Balaban J connectivity index is 1.84. The molecule has 3 rings (SSSR count). The number of aryl methyl sites for hydroxylation is 1. The summed E-state index contributed by atoms with van der Waals surface area (Å²) in [6.45, 7) is 1.73. The Bertz CT molecular complexity index is 949. The van der Waals surface area contributed by atoms with Crippen LogP contribution in [0.2, 0.25) is 0 Å². The molecule has 2 aromatic rings. The van der Waals surface area contributed by atoms with E-state index in [2.05, 4.69) is 48.7 Å². The summed E-state index contributed by atoms with van der Waals surface area (Å²) in [6, 6.07) is 8.00. The Morgan fingerprint density at radius 1 is 1.29 bits per heavy atom. The molecule has 3 N–H and O–H groups in total. The van der Waals surface area contributed by atoms with Crippen LogP contribution in [0.1, 0.15) is 42.4 Å². The summed E-state index contributed by atoms with van der Waals surface area (Å²) < 4.78 is 0.579. The van der Waals surface area contributed by atoms with Gasteiger partial charge in [0.2, 0.25) is 5.95 Å². The molecule has 28 heavy (non-hydrogen) atoms. The zero-order valence-corrected chi connectivity index (χ0v) is 17.1. The number of aliphatic hydroxyl groups is 1. The molecule has 1 heterocycles. The van der Waals surface area contributed by atoms with Gasteiger partial charge in [0.25, 0.3) is 0 Å². The number of aliphatic hydroxyl groups excluding tert-OH is 1. The van der Waals surface area contributed by atoms with Crippen LogP contribution < -0.4 is 10.6 Å². The van der Waals surface area contributed by atoms with Gasteiger partial charge in [-0.15, -0.1) is 0 Å². The molecular weight excluding hydrogens is 420 g/mol. The van der Waals surface area contributed by atoms with Gasteiger partial charge in [0, 0.05) is 28.0 Å². The van der Waals surface area contributed by atoms with Crippen molar-refractivity contribution < 1.29 is 5.11 Å². The third kappa shape index (κ3) is 4.41. The monoisotopic (exact) mass is 440 g/mol. The largest absolute Gasteiger partial charge is 0.392 e. The van der Waals surface area contributed by atoms with E-state index in [1.165, 1.54) is 0 Å². The summed E-state index contributed by atoms with van der Waals surface area (Å²) >= 11 is 3.33. The highest BCUT2D eigenvalue weighted by Crippen LogP contribution is 2.29. The molecule has 1 aliphatic carbocycles. The van der Waals surface area contributed by atoms with Gasteiger partial charge in [0.15, 0.2) is 0 Å².